The highest BCUT2D eigenvalue weighted by Crippen LogP contribution is 2.18. The summed E-state index contributed by atoms with van der Waals surface area (Å²) in [7, 11) is -2.39. The van der Waals surface area contributed by atoms with Crippen LogP contribution in [0.2, 0.25) is 0 Å². The Hall–Kier alpha value is -2.21. The summed E-state index contributed by atoms with van der Waals surface area (Å²) in [5.41, 5.74) is 1.39. The summed E-state index contributed by atoms with van der Waals surface area (Å²) in [6.07, 6.45) is 0.294. The van der Waals surface area contributed by atoms with Gasteiger partial charge in [0.25, 0.3) is 0 Å². The maximum absolute atomic E-state index is 12.4. The predicted molar refractivity (Wildman–Crippen MR) is 98.3 cm³/mol. The molecule has 1 N–H and O–H groups in total. The molecule has 130 valence electrons. The van der Waals surface area contributed by atoms with Crippen molar-refractivity contribution in [2.75, 3.05) is 18.9 Å². The van der Waals surface area contributed by atoms with Gasteiger partial charge in [0.15, 0.2) is 0 Å². The van der Waals surface area contributed by atoms with Crippen molar-refractivity contribution in [3.05, 3.63) is 58.6 Å². The molecule has 0 radical (unpaired) electrons. The SMILES string of the molecule is CN(CC(=O)Nc1ccc(CC#N)cc1)S(=O)(=O)c1ccc(Br)cc1. The minimum absolute atomic E-state index is 0.117. The molecule has 0 aliphatic heterocycles. The number of hydrogen-bond acceptors (Lipinski definition) is 4. The Kier molecular flexibility index (Phi) is 6.31. The number of nitrogens with zero attached hydrogens (tertiary/aromatic N) is 2. The van der Waals surface area contributed by atoms with Crippen LogP contribution in [-0.4, -0.2) is 32.2 Å². The first-order valence-corrected chi connectivity index (χ1v) is 9.54. The lowest BCUT2D eigenvalue weighted by atomic mass is 10.1. The Morgan fingerprint density at radius 2 is 1.76 bits per heavy atom. The lowest BCUT2D eigenvalue weighted by Gasteiger charge is -2.17. The summed E-state index contributed by atoms with van der Waals surface area (Å²) in [6, 6.07) is 15.1. The lowest BCUT2D eigenvalue weighted by Crippen LogP contribution is -2.34. The van der Waals surface area contributed by atoms with Crippen LogP contribution in [0, 0.1) is 11.3 Å². The molecular weight excluding hydrogens is 406 g/mol. The summed E-state index contributed by atoms with van der Waals surface area (Å²) < 4.78 is 26.7. The predicted octanol–water partition coefficient (Wildman–Crippen LogP) is 2.77. The first-order chi connectivity index (χ1) is 11.8. The lowest BCUT2D eigenvalue weighted by molar-refractivity contribution is -0.116. The zero-order chi connectivity index (χ0) is 18.4. The molecule has 0 aliphatic rings. The van der Waals surface area contributed by atoms with Crippen molar-refractivity contribution in [2.45, 2.75) is 11.3 Å². The van der Waals surface area contributed by atoms with Crippen LogP contribution >= 0.6 is 15.9 Å². The monoisotopic (exact) mass is 421 g/mol. The third-order valence-electron chi connectivity index (χ3n) is 3.41. The van der Waals surface area contributed by atoms with Gasteiger partial charge in [0.2, 0.25) is 15.9 Å². The van der Waals surface area contributed by atoms with Gasteiger partial charge in [-0.25, -0.2) is 8.42 Å². The highest BCUT2D eigenvalue weighted by atomic mass is 79.9. The normalized spacial score (nSPS) is 11.1. The van der Waals surface area contributed by atoms with Gasteiger partial charge in [0.05, 0.1) is 23.9 Å². The van der Waals surface area contributed by atoms with Crippen molar-refractivity contribution in [2.24, 2.45) is 0 Å². The summed E-state index contributed by atoms with van der Waals surface area (Å²) in [5.74, 6) is -0.448. The molecule has 0 heterocycles. The van der Waals surface area contributed by atoms with Gasteiger partial charge in [-0.1, -0.05) is 28.1 Å². The third-order valence-corrected chi connectivity index (χ3v) is 5.76. The molecule has 0 fully saturated rings. The van der Waals surface area contributed by atoms with E-state index in [0.717, 1.165) is 14.3 Å². The molecule has 2 aromatic carbocycles. The van der Waals surface area contributed by atoms with Gasteiger partial charge < -0.3 is 5.32 Å². The van der Waals surface area contributed by atoms with Crippen LogP contribution < -0.4 is 5.32 Å². The minimum atomic E-state index is -3.74. The summed E-state index contributed by atoms with van der Waals surface area (Å²) in [5, 5.41) is 11.3. The molecule has 25 heavy (non-hydrogen) atoms. The molecule has 0 spiro atoms. The number of halogens is 1. The molecular formula is C17H16BrN3O3S. The third kappa shape index (κ3) is 5.13. The second kappa shape index (κ2) is 8.25. The van der Waals surface area contributed by atoms with E-state index in [-0.39, 0.29) is 11.4 Å². The average Bonchev–Trinajstić information content (AvgIpc) is 2.57. The fourth-order valence-electron chi connectivity index (χ4n) is 2.07. The molecule has 0 saturated heterocycles. The largest absolute Gasteiger partial charge is 0.325 e. The van der Waals surface area contributed by atoms with E-state index in [4.69, 9.17) is 5.26 Å². The van der Waals surface area contributed by atoms with E-state index >= 15 is 0 Å². The van der Waals surface area contributed by atoms with Gasteiger partial charge in [0, 0.05) is 17.2 Å². The van der Waals surface area contributed by atoms with Gasteiger partial charge in [-0.05, 0) is 42.0 Å². The number of sulfonamides is 1. The molecule has 2 aromatic rings. The molecule has 1 amide bonds. The molecule has 0 atom stereocenters. The van der Waals surface area contributed by atoms with Crippen molar-refractivity contribution in [1.29, 1.82) is 5.26 Å². The van der Waals surface area contributed by atoms with E-state index in [0.29, 0.717) is 12.1 Å². The molecule has 0 aromatic heterocycles. The zero-order valence-electron chi connectivity index (χ0n) is 13.4. The smallest absolute Gasteiger partial charge is 0.243 e. The van der Waals surface area contributed by atoms with Crippen LogP contribution in [0.25, 0.3) is 0 Å². The summed E-state index contributed by atoms with van der Waals surface area (Å²) in [6.45, 7) is -0.307. The molecule has 8 heteroatoms. The van der Waals surface area contributed by atoms with Crippen molar-refractivity contribution < 1.29 is 13.2 Å². The molecule has 0 aliphatic carbocycles. The minimum Gasteiger partial charge on any atom is -0.325 e. The number of benzene rings is 2. The van der Waals surface area contributed by atoms with Crippen LogP contribution in [-0.2, 0) is 21.2 Å². The Balaban J connectivity index is 2.01. The number of rotatable bonds is 6. The standard InChI is InChI=1S/C17H16BrN3O3S/c1-21(25(23,24)16-8-4-14(18)5-9-16)12-17(22)20-15-6-2-13(3-7-15)10-11-19/h2-9H,10,12H2,1H3,(H,20,22). The Labute approximate surface area is 155 Å². The van der Waals surface area contributed by atoms with Crippen LogP contribution in [0.4, 0.5) is 5.69 Å². The van der Waals surface area contributed by atoms with E-state index < -0.39 is 15.9 Å². The van der Waals surface area contributed by atoms with Crippen LogP contribution in [0.15, 0.2) is 57.9 Å². The summed E-state index contributed by atoms with van der Waals surface area (Å²) >= 11 is 3.25. The summed E-state index contributed by atoms with van der Waals surface area (Å²) in [4.78, 5) is 12.2. The first kappa shape index (κ1) is 19.1. The number of carbonyl (C=O) groups excluding carboxylic acids is 1. The topological polar surface area (TPSA) is 90.3 Å². The quantitative estimate of drug-likeness (QED) is 0.775. The molecule has 2 rings (SSSR count). The van der Waals surface area contributed by atoms with Crippen LogP contribution in [0.1, 0.15) is 5.56 Å². The van der Waals surface area contributed by atoms with Crippen molar-refractivity contribution in [1.82, 2.24) is 4.31 Å². The zero-order valence-corrected chi connectivity index (χ0v) is 15.8. The van der Waals surface area contributed by atoms with Gasteiger partial charge in [-0.15, -0.1) is 0 Å². The second-order valence-electron chi connectivity index (χ2n) is 5.29. The fraction of sp³-hybridized carbons (Fsp3) is 0.176. The van der Waals surface area contributed by atoms with Crippen molar-refractivity contribution in [3.63, 3.8) is 0 Å². The number of nitriles is 1. The van der Waals surface area contributed by atoms with Gasteiger partial charge >= 0.3 is 0 Å². The highest BCUT2D eigenvalue weighted by Gasteiger charge is 2.22. The maximum atomic E-state index is 12.4. The van der Waals surface area contributed by atoms with Crippen LogP contribution in [0.5, 0.6) is 0 Å². The maximum Gasteiger partial charge on any atom is 0.243 e. The number of carbonyl (C=O) groups is 1. The van der Waals surface area contributed by atoms with E-state index in [1.165, 1.54) is 19.2 Å². The van der Waals surface area contributed by atoms with Gasteiger partial charge in [-0.2, -0.15) is 9.57 Å². The van der Waals surface area contributed by atoms with Crippen molar-refractivity contribution >= 4 is 37.5 Å². The molecule has 0 bridgehead atoms. The number of likely N-dealkylation sites (N-methyl/N-ethyl adjacent to an activating group) is 1. The van der Waals surface area contributed by atoms with E-state index in [9.17, 15) is 13.2 Å². The van der Waals surface area contributed by atoms with E-state index in [2.05, 4.69) is 21.2 Å². The van der Waals surface area contributed by atoms with Gasteiger partial charge in [-0.3, -0.25) is 4.79 Å². The van der Waals surface area contributed by atoms with Crippen molar-refractivity contribution in [3.8, 4) is 6.07 Å². The first-order valence-electron chi connectivity index (χ1n) is 7.30. The number of hydrogen-bond donors (Lipinski definition) is 1. The van der Waals surface area contributed by atoms with E-state index in [1.807, 2.05) is 6.07 Å². The van der Waals surface area contributed by atoms with Gasteiger partial charge in [0.1, 0.15) is 0 Å². The van der Waals surface area contributed by atoms with E-state index in [1.54, 1.807) is 36.4 Å². The molecule has 0 saturated carbocycles. The number of amides is 1. The van der Waals surface area contributed by atoms with Crippen LogP contribution in [0.3, 0.4) is 0 Å². The Bertz CT molecular complexity index is 888. The second-order valence-corrected chi connectivity index (χ2v) is 8.26. The number of nitrogens with one attached hydrogen (secondary N) is 1. The number of anilines is 1. The molecule has 6 nitrogen and oxygen atoms in total. The Morgan fingerprint density at radius 1 is 1.16 bits per heavy atom. The fourth-order valence-corrected chi connectivity index (χ4v) is 3.46. The highest BCUT2D eigenvalue weighted by molar-refractivity contribution is 9.10. The molecule has 0 unspecified atom stereocenters. The average molecular weight is 422 g/mol. The Morgan fingerprint density at radius 3 is 2.32 bits per heavy atom.